The van der Waals surface area contributed by atoms with Gasteiger partial charge in [-0.3, -0.25) is 9.69 Å². The summed E-state index contributed by atoms with van der Waals surface area (Å²) in [4.78, 5) is 14.9. The number of nitrogens with zero attached hydrogens (tertiary/aromatic N) is 1. The van der Waals surface area contributed by atoms with Crippen LogP contribution in [-0.4, -0.2) is 16.8 Å². The molecular weight excluding hydrogens is 338 g/mol. The number of aryl methyl sites for hydroxylation is 1. The van der Waals surface area contributed by atoms with Crippen LogP contribution in [0.15, 0.2) is 53.4 Å². The maximum absolute atomic E-state index is 12.7. The van der Waals surface area contributed by atoms with E-state index in [1.165, 1.54) is 17.3 Å². The van der Waals surface area contributed by atoms with Gasteiger partial charge in [-0.15, -0.1) is 0 Å². The molecule has 2 aromatic carbocycles. The van der Waals surface area contributed by atoms with E-state index in [0.717, 1.165) is 17.0 Å². The van der Waals surface area contributed by atoms with Gasteiger partial charge in [-0.2, -0.15) is 0 Å². The van der Waals surface area contributed by atoms with Crippen LogP contribution >= 0.6 is 24.0 Å². The van der Waals surface area contributed by atoms with Crippen LogP contribution < -0.4 is 9.64 Å². The number of carbonyl (C=O) groups excluding carboxylic acids is 1. The summed E-state index contributed by atoms with van der Waals surface area (Å²) in [6.45, 7) is 4.58. The monoisotopic (exact) mass is 355 g/mol. The Morgan fingerprint density at radius 3 is 2.42 bits per heavy atom. The molecule has 1 amide bonds. The number of carbonyl (C=O) groups is 1. The smallest absolute Gasteiger partial charge is 0.270 e. The summed E-state index contributed by atoms with van der Waals surface area (Å²) < 4.78 is 5.98. The highest BCUT2D eigenvalue weighted by atomic mass is 32.2. The Bertz CT molecular complexity index is 795. The van der Waals surface area contributed by atoms with Crippen LogP contribution in [0.3, 0.4) is 0 Å². The molecule has 2 aromatic rings. The molecule has 0 aliphatic carbocycles. The second kappa shape index (κ2) is 7.20. The van der Waals surface area contributed by atoms with Gasteiger partial charge in [-0.1, -0.05) is 53.8 Å². The van der Waals surface area contributed by atoms with Gasteiger partial charge in [0.05, 0.1) is 17.2 Å². The Morgan fingerprint density at radius 1 is 1.12 bits per heavy atom. The quantitative estimate of drug-likeness (QED) is 0.582. The average molecular weight is 355 g/mol. The molecular formula is C19H17NO2S2. The van der Waals surface area contributed by atoms with E-state index in [2.05, 4.69) is 0 Å². The van der Waals surface area contributed by atoms with E-state index in [1.807, 2.05) is 68.5 Å². The minimum atomic E-state index is -0.0882. The fraction of sp³-hybridized carbons (Fsp3) is 0.158. The number of benzene rings is 2. The first kappa shape index (κ1) is 16.7. The fourth-order valence-corrected chi connectivity index (χ4v) is 3.66. The normalized spacial score (nSPS) is 16.1. The average Bonchev–Trinajstić information content (AvgIpc) is 2.85. The lowest BCUT2D eigenvalue weighted by Crippen LogP contribution is -2.27. The summed E-state index contributed by atoms with van der Waals surface area (Å²) in [5, 5.41) is 0. The molecule has 122 valence electrons. The van der Waals surface area contributed by atoms with E-state index < -0.39 is 0 Å². The van der Waals surface area contributed by atoms with Crippen molar-refractivity contribution in [3.05, 3.63) is 64.6 Å². The topological polar surface area (TPSA) is 29.5 Å². The van der Waals surface area contributed by atoms with E-state index in [9.17, 15) is 4.79 Å². The molecule has 0 aromatic heterocycles. The fourth-order valence-electron chi connectivity index (χ4n) is 2.36. The van der Waals surface area contributed by atoms with Crippen LogP contribution in [0.1, 0.15) is 18.1 Å². The highest BCUT2D eigenvalue weighted by Gasteiger charge is 2.33. The molecule has 0 atom stereocenters. The minimum Gasteiger partial charge on any atom is -0.494 e. The van der Waals surface area contributed by atoms with Gasteiger partial charge >= 0.3 is 0 Å². The predicted octanol–water partition coefficient (Wildman–Crippen LogP) is 4.80. The van der Waals surface area contributed by atoms with Gasteiger partial charge in [0, 0.05) is 0 Å². The van der Waals surface area contributed by atoms with Crippen LogP contribution in [-0.2, 0) is 4.79 Å². The number of hydrogen-bond donors (Lipinski definition) is 0. The van der Waals surface area contributed by atoms with E-state index in [4.69, 9.17) is 17.0 Å². The van der Waals surface area contributed by atoms with Crippen molar-refractivity contribution in [1.29, 1.82) is 0 Å². The van der Waals surface area contributed by atoms with Gasteiger partial charge in [0.15, 0.2) is 4.32 Å². The first-order chi connectivity index (χ1) is 11.6. The summed E-state index contributed by atoms with van der Waals surface area (Å²) in [6, 6.07) is 15.5. The SMILES string of the molecule is CCOc1ccc(N2C(=O)/C(=C\c3ccc(C)cc3)SC2=S)cc1. The lowest BCUT2D eigenvalue weighted by atomic mass is 10.1. The molecule has 3 rings (SSSR count). The molecule has 0 unspecified atom stereocenters. The number of rotatable bonds is 4. The number of thiocarbonyl (C=S) groups is 1. The third-order valence-electron chi connectivity index (χ3n) is 3.57. The molecule has 1 aliphatic heterocycles. The molecule has 1 saturated heterocycles. The first-order valence-electron chi connectivity index (χ1n) is 7.66. The van der Waals surface area contributed by atoms with Gasteiger partial charge in [-0.05, 0) is 49.8 Å². The summed E-state index contributed by atoms with van der Waals surface area (Å²) in [7, 11) is 0. The zero-order valence-corrected chi connectivity index (χ0v) is 15.1. The molecule has 0 radical (unpaired) electrons. The Labute approximate surface area is 151 Å². The molecule has 3 nitrogen and oxygen atoms in total. The van der Waals surface area contributed by atoms with Crippen molar-refractivity contribution in [1.82, 2.24) is 0 Å². The molecule has 0 spiro atoms. The highest BCUT2D eigenvalue weighted by molar-refractivity contribution is 8.27. The highest BCUT2D eigenvalue weighted by Crippen LogP contribution is 2.36. The van der Waals surface area contributed by atoms with Crippen LogP contribution in [0.5, 0.6) is 5.75 Å². The zero-order valence-electron chi connectivity index (χ0n) is 13.5. The Morgan fingerprint density at radius 2 is 1.79 bits per heavy atom. The van der Waals surface area contributed by atoms with E-state index in [1.54, 1.807) is 4.90 Å². The molecule has 1 aliphatic rings. The van der Waals surface area contributed by atoms with Gasteiger partial charge in [0.25, 0.3) is 5.91 Å². The number of thioether (sulfide) groups is 1. The number of amides is 1. The van der Waals surface area contributed by atoms with Crippen molar-refractivity contribution in [2.75, 3.05) is 11.5 Å². The van der Waals surface area contributed by atoms with Gasteiger partial charge in [0.1, 0.15) is 5.75 Å². The minimum absolute atomic E-state index is 0.0882. The maximum Gasteiger partial charge on any atom is 0.270 e. The maximum atomic E-state index is 12.7. The molecule has 24 heavy (non-hydrogen) atoms. The molecule has 1 heterocycles. The third-order valence-corrected chi connectivity index (χ3v) is 4.88. The Kier molecular flexibility index (Phi) is 5.02. The lowest BCUT2D eigenvalue weighted by molar-refractivity contribution is -0.113. The Balaban J connectivity index is 1.84. The molecule has 0 bridgehead atoms. The first-order valence-corrected chi connectivity index (χ1v) is 8.88. The second-order valence-corrected chi connectivity index (χ2v) is 7.03. The van der Waals surface area contributed by atoms with Crippen LogP contribution in [0.25, 0.3) is 6.08 Å². The molecule has 1 fully saturated rings. The van der Waals surface area contributed by atoms with Gasteiger partial charge < -0.3 is 4.74 Å². The molecule has 0 saturated carbocycles. The largest absolute Gasteiger partial charge is 0.494 e. The summed E-state index contributed by atoms with van der Waals surface area (Å²) >= 11 is 6.72. The van der Waals surface area contributed by atoms with Crippen LogP contribution in [0.4, 0.5) is 5.69 Å². The van der Waals surface area contributed by atoms with Crippen molar-refractivity contribution < 1.29 is 9.53 Å². The van der Waals surface area contributed by atoms with E-state index in [-0.39, 0.29) is 5.91 Å². The van der Waals surface area contributed by atoms with Crippen LogP contribution in [0, 0.1) is 6.92 Å². The lowest BCUT2D eigenvalue weighted by Gasteiger charge is -2.15. The Hall–Kier alpha value is -2.11. The summed E-state index contributed by atoms with van der Waals surface area (Å²) in [5.74, 6) is 0.691. The van der Waals surface area contributed by atoms with Crippen molar-refractivity contribution in [2.24, 2.45) is 0 Å². The number of hydrogen-bond acceptors (Lipinski definition) is 4. The van der Waals surface area contributed by atoms with Crippen molar-refractivity contribution >= 4 is 46.0 Å². The third kappa shape index (κ3) is 3.52. The van der Waals surface area contributed by atoms with Gasteiger partial charge in [0.2, 0.25) is 0 Å². The van der Waals surface area contributed by atoms with E-state index in [0.29, 0.717) is 15.8 Å². The van der Waals surface area contributed by atoms with E-state index >= 15 is 0 Å². The summed E-state index contributed by atoms with van der Waals surface area (Å²) in [6.07, 6.45) is 1.88. The molecule has 5 heteroatoms. The number of anilines is 1. The van der Waals surface area contributed by atoms with Crippen LogP contribution in [0.2, 0.25) is 0 Å². The van der Waals surface area contributed by atoms with Gasteiger partial charge in [-0.25, -0.2) is 0 Å². The number of ether oxygens (including phenoxy) is 1. The molecule has 0 N–H and O–H groups in total. The summed E-state index contributed by atoms with van der Waals surface area (Å²) in [5.41, 5.74) is 2.94. The second-order valence-electron chi connectivity index (χ2n) is 5.35. The van der Waals surface area contributed by atoms with Crippen molar-refractivity contribution in [2.45, 2.75) is 13.8 Å². The van der Waals surface area contributed by atoms with Crippen molar-refractivity contribution in [3.63, 3.8) is 0 Å². The zero-order chi connectivity index (χ0) is 17.1. The van der Waals surface area contributed by atoms with Crippen molar-refractivity contribution in [3.8, 4) is 5.75 Å². The standard InChI is InChI=1S/C19H17NO2S2/c1-3-22-16-10-8-15(9-11-16)20-18(21)17(24-19(20)23)12-14-6-4-13(2)5-7-14/h4-12H,3H2,1-2H3/b17-12+. The predicted molar refractivity (Wildman–Crippen MR) is 104 cm³/mol.